The van der Waals surface area contributed by atoms with E-state index in [1.165, 1.54) is 0 Å². The van der Waals surface area contributed by atoms with E-state index in [9.17, 15) is 9.90 Å². The summed E-state index contributed by atoms with van der Waals surface area (Å²) in [6.45, 7) is 7.00. The van der Waals surface area contributed by atoms with Crippen molar-refractivity contribution in [3.05, 3.63) is 17.5 Å². The molecule has 0 aliphatic carbocycles. The number of nitrogens with zero attached hydrogens (tertiary/aromatic N) is 5. The molecule has 1 amide bonds. The molecule has 1 N–H and O–H groups in total. The number of likely N-dealkylation sites (N-methyl/N-ethyl adjacent to an activating group) is 2. The van der Waals surface area contributed by atoms with E-state index in [0.29, 0.717) is 25.9 Å². The molecule has 0 radical (unpaired) electrons. The monoisotopic (exact) mass is 337 g/mol. The number of carbonyl (C=O) groups is 1. The number of amides is 1. The summed E-state index contributed by atoms with van der Waals surface area (Å²) in [5.41, 5.74) is 2.08. The number of hydrogen-bond acceptors (Lipinski definition) is 5. The van der Waals surface area contributed by atoms with Gasteiger partial charge in [0.2, 0.25) is 5.91 Å². The third kappa shape index (κ3) is 5.58. The number of hydrogen-bond donors (Lipinski definition) is 1. The Balaban J connectivity index is 1.71. The Hall–Kier alpha value is -1.44. The fourth-order valence-electron chi connectivity index (χ4n) is 3.13. The fraction of sp³-hybridized carbons (Fsp3) is 0.765. The first-order valence-corrected chi connectivity index (χ1v) is 8.67. The number of β-amino-alcohol motifs (C(OH)–C–C–N with tert-alkyl or cyclic N) is 1. The summed E-state index contributed by atoms with van der Waals surface area (Å²) >= 11 is 0. The normalized spacial score (nSPS) is 17.9. The van der Waals surface area contributed by atoms with E-state index in [0.717, 1.165) is 37.4 Å². The SMILES string of the molecule is Cc1nn(C)cc1CCC(=O)N(C)CC(O)CN1CCN(C)CC1. The quantitative estimate of drug-likeness (QED) is 0.742. The van der Waals surface area contributed by atoms with Crippen LogP contribution in [0.3, 0.4) is 0 Å². The van der Waals surface area contributed by atoms with Gasteiger partial charge in [0.1, 0.15) is 0 Å². The maximum Gasteiger partial charge on any atom is 0.222 e. The van der Waals surface area contributed by atoms with E-state index in [2.05, 4.69) is 21.9 Å². The third-order valence-corrected chi connectivity index (χ3v) is 4.70. The van der Waals surface area contributed by atoms with Crippen molar-refractivity contribution < 1.29 is 9.90 Å². The van der Waals surface area contributed by atoms with E-state index in [4.69, 9.17) is 0 Å². The molecule has 0 spiro atoms. The number of rotatable bonds is 7. The Bertz CT molecular complexity index is 537. The molecule has 1 unspecified atom stereocenters. The van der Waals surface area contributed by atoms with Gasteiger partial charge in [-0.25, -0.2) is 0 Å². The Labute approximate surface area is 144 Å². The molecule has 1 atom stereocenters. The van der Waals surface area contributed by atoms with Gasteiger partial charge in [-0.15, -0.1) is 0 Å². The van der Waals surface area contributed by atoms with Crippen LogP contribution in [-0.2, 0) is 18.3 Å². The third-order valence-electron chi connectivity index (χ3n) is 4.70. The van der Waals surface area contributed by atoms with Crippen molar-refractivity contribution in [3.8, 4) is 0 Å². The van der Waals surface area contributed by atoms with Gasteiger partial charge < -0.3 is 14.9 Å². The van der Waals surface area contributed by atoms with Crippen molar-refractivity contribution in [3.63, 3.8) is 0 Å². The summed E-state index contributed by atoms with van der Waals surface area (Å²) in [4.78, 5) is 18.5. The fourth-order valence-corrected chi connectivity index (χ4v) is 3.13. The molecule has 2 rings (SSSR count). The topological polar surface area (TPSA) is 64.8 Å². The summed E-state index contributed by atoms with van der Waals surface area (Å²) in [6.07, 6.45) is 2.61. The largest absolute Gasteiger partial charge is 0.390 e. The van der Waals surface area contributed by atoms with Gasteiger partial charge in [-0.05, 0) is 26.0 Å². The standard InChI is InChI=1S/C17H31N5O2/c1-14-15(11-21(4)18-14)5-6-17(24)20(3)12-16(23)13-22-9-7-19(2)8-10-22/h11,16,23H,5-10,12-13H2,1-4H3. The van der Waals surface area contributed by atoms with Crippen LogP contribution in [0.2, 0.25) is 0 Å². The lowest BCUT2D eigenvalue weighted by Gasteiger charge is -2.34. The van der Waals surface area contributed by atoms with E-state index in [1.807, 2.05) is 20.2 Å². The highest BCUT2D eigenvalue weighted by Gasteiger charge is 2.19. The van der Waals surface area contributed by atoms with Crippen molar-refractivity contribution in [1.29, 1.82) is 0 Å². The van der Waals surface area contributed by atoms with Gasteiger partial charge in [0.15, 0.2) is 0 Å². The maximum absolute atomic E-state index is 12.3. The van der Waals surface area contributed by atoms with Crippen molar-refractivity contribution in [2.75, 3.05) is 53.4 Å². The molecule has 1 fully saturated rings. The van der Waals surface area contributed by atoms with Crippen LogP contribution >= 0.6 is 0 Å². The number of piperazine rings is 1. The lowest BCUT2D eigenvalue weighted by molar-refractivity contribution is -0.131. The second-order valence-corrected chi connectivity index (χ2v) is 6.95. The minimum atomic E-state index is -0.498. The lowest BCUT2D eigenvalue weighted by Crippen LogP contribution is -2.49. The molecule has 0 bridgehead atoms. The zero-order chi connectivity index (χ0) is 17.7. The van der Waals surface area contributed by atoms with Crippen molar-refractivity contribution in [1.82, 2.24) is 24.5 Å². The number of aryl methyl sites for hydroxylation is 3. The molecule has 24 heavy (non-hydrogen) atoms. The van der Waals surface area contributed by atoms with Gasteiger partial charge in [0.05, 0.1) is 11.8 Å². The second kappa shape index (κ2) is 8.60. The van der Waals surface area contributed by atoms with Gasteiger partial charge >= 0.3 is 0 Å². The molecular formula is C17H31N5O2. The first-order chi connectivity index (χ1) is 11.3. The minimum absolute atomic E-state index is 0.0654. The van der Waals surface area contributed by atoms with Crippen LogP contribution in [0.1, 0.15) is 17.7 Å². The van der Waals surface area contributed by atoms with Gasteiger partial charge in [-0.2, -0.15) is 5.10 Å². The van der Waals surface area contributed by atoms with Crippen LogP contribution in [-0.4, -0.2) is 95.0 Å². The zero-order valence-electron chi connectivity index (χ0n) is 15.4. The van der Waals surface area contributed by atoms with Crippen LogP contribution in [0.4, 0.5) is 0 Å². The first kappa shape index (κ1) is 18.9. The molecule has 7 heteroatoms. The molecule has 7 nitrogen and oxygen atoms in total. The summed E-state index contributed by atoms with van der Waals surface area (Å²) in [7, 11) is 5.77. The molecule has 2 heterocycles. The smallest absolute Gasteiger partial charge is 0.222 e. The van der Waals surface area contributed by atoms with E-state index in [1.54, 1.807) is 16.6 Å². The van der Waals surface area contributed by atoms with Gasteiger partial charge in [-0.1, -0.05) is 0 Å². The van der Waals surface area contributed by atoms with Crippen LogP contribution in [0.15, 0.2) is 6.20 Å². The molecule has 1 saturated heterocycles. The van der Waals surface area contributed by atoms with E-state index >= 15 is 0 Å². The molecule has 136 valence electrons. The average molecular weight is 337 g/mol. The second-order valence-electron chi connectivity index (χ2n) is 6.95. The summed E-state index contributed by atoms with van der Waals surface area (Å²) in [5, 5.41) is 14.6. The van der Waals surface area contributed by atoms with Crippen LogP contribution in [0.5, 0.6) is 0 Å². The van der Waals surface area contributed by atoms with Crippen molar-refractivity contribution in [2.45, 2.75) is 25.9 Å². The first-order valence-electron chi connectivity index (χ1n) is 8.67. The number of aliphatic hydroxyl groups is 1. The molecule has 1 aliphatic rings. The lowest BCUT2D eigenvalue weighted by atomic mass is 10.1. The summed E-state index contributed by atoms with van der Waals surface area (Å²) < 4.78 is 1.78. The molecule has 1 aromatic heterocycles. The summed E-state index contributed by atoms with van der Waals surface area (Å²) in [6, 6.07) is 0. The molecule has 1 aromatic rings. The van der Waals surface area contributed by atoms with E-state index < -0.39 is 6.10 Å². The zero-order valence-corrected chi connectivity index (χ0v) is 15.4. The Kier molecular flexibility index (Phi) is 6.77. The average Bonchev–Trinajstić information content (AvgIpc) is 2.84. The van der Waals surface area contributed by atoms with Gasteiger partial charge in [0.25, 0.3) is 0 Å². The maximum atomic E-state index is 12.3. The van der Waals surface area contributed by atoms with E-state index in [-0.39, 0.29) is 5.91 Å². The highest BCUT2D eigenvalue weighted by Crippen LogP contribution is 2.09. The Morgan fingerprint density at radius 1 is 1.33 bits per heavy atom. The molecule has 0 saturated carbocycles. The van der Waals surface area contributed by atoms with Crippen molar-refractivity contribution >= 4 is 5.91 Å². The van der Waals surface area contributed by atoms with Crippen LogP contribution in [0.25, 0.3) is 0 Å². The molecule has 0 aromatic carbocycles. The highest BCUT2D eigenvalue weighted by atomic mass is 16.3. The predicted octanol–water partition coefficient (Wildman–Crippen LogP) is -0.272. The summed E-state index contributed by atoms with van der Waals surface area (Å²) in [5.74, 6) is 0.0654. The Morgan fingerprint density at radius 3 is 2.58 bits per heavy atom. The number of carbonyl (C=O) groups excluding carboxylic acids is 1. The predicted molar refractivity (Wildman–Crippen MR) is 93.8 cm³/mol. The Morgan fingerprint density at radius 2 is 2.00 bits per heavy atom. The minimum Gasteiger partial charge on any atom is -0.390 e. The highest BCUT2D eigenvalue weighted by molar-refractivity contribution is 5.76. The number of aromatic nitrogens is 2. The van der Waals surface area contributed by atoms with Crippen LogP contribution < -0.4 is 0 Å². The van der Waals surface area contributed by atoms with Crippen LogP contribution in [0, 0.1) is 6.92 Å². The molecular weight excluding hydrogens is 306 g/mol. The van der Waals surface area contributed by atoms with Gasteiger partial charge in [0, 0.05) is 66.0 Å². The van der Waals surface area contributed by atoms with Gasteiger partial charge in [-0.3, -0.25) is 14.4 Å². The number of aliphatic hydroxyl groups excluding tert-OH is 1. The van der Waals surface area contributed by atoms with Crippen molar-refractivity contribution in [2.24, 2.45) is 7.05 Å². The molecule has 1 aliphatic heterocycles.